The average Bonchev–Trinajstić information content (AvgIpc) is 2.28. The Labute approximate surface area is 129 Å². The number of amides is 2. The highest BCUT2D eigenvalue weighted by molar-refractivity contribution is 7.90. The van der Waals surface area contributed by atoms with Gasteiger partial charge in [0, 0.05) is 25.4 Å². The Morgan fingerprint density at radius 1 is 1.43 bits per heavy atom. The van der Waals surface area contributed by atoms with E-state index in [1.165, 1.54) is 11.2 Å². The Morgan fingerprint density at radius 3 is 2.48 bits per heavy atom. The van der Waals surface area contributed by atoms with E-state index < -0.39 is 9.84 Å². The zero-order valence-electron chi connectivity index (χ0n) is 14.1. The Morgan fingerprint density at radius 2 is 2.00 bits per heavy atom. The highest BCUT2D eigenvalue weighted by atomic mass is 32.2. The lowest BCUT2D eigenvalue weighted by molar-refractivity contribution is 0.139. The van der Waals surface area contributed by atoms with Crippen molar-refractivity contribution in [1.82, 2.24) is 10.2 Å². The topological polar surface area (TPSA) is 66.5 Å². The van der Waals surface area contributed by atoms with Crippen LogP contribution in [0.2, 0.25) is 0 Å². The van der Waals surface area contributed by atoms with Gasteiger partial charge in [-0.05, 0) is 37.5 Å². The molecule has 1 rings (SSSR count). The van der Waals surface area contributed by atoms with Crippen molar-refractivity contribution in [1.29, 1.82) is 0 Å². The molecule has 0 radical (unpaired) electrons. The maximum atomic E-state index is 12.3. The summed E-state index contributed by atoms with van der Waals surface area (Å²) in [6, 6.07) is -0.323. The van der Waals surface area contributed by atoms with E-state index in [1.54, 1.807) is 14.0 Å². The van der Waals surface area contributed by atoms with Crippen LogP contribution in [0.3, 0.4) is 0 Å². The van der Waals surface area contributed by atoms with Gasteiger partial charge in [0.25, 0.3) is 0 Å². The van der Waals surface area contributed by atoms with Gasteiger partial charge in [0.1, 0.15) is 9.84 Å². The zero-order chi connectivity index (χ0) is 16.4. The molecule has 0 aliphatic heterocycles. The van der Waals surface area contributed by atoms with Crippen molar-refractivity contribution in [2.75, 3.05) is 19.1 Å². The van der Waals surface area contributed by atoms with Gasteiger partial charge in [-0.15, -0.1) is 0 Å². The summed E-state index contributed by atoms with van der Waals surface area (Å²) in [7, 11) is -1.43. The van der Waals surface area contributed by atoms with E-state index in [2.05, 4.69) is 26.1 Å². The Hall–Kier alpha value is -0.780. The predicted molar refractivity (Wildman–Crippen MR) is 86.1 cm³/mol. The SMILES string of the molecule is C[C@@H]1CC(C)(C)CC[C@@H]1NC(=O)N(C)[C@@H](C)CS(C)(=O)=O. The van der Waals surface area contributed by atoms with Crippen LogP contribution >= 0.6 is 0 Å². The molecule has 1 saturated carbocycles. The lowest BCUT2D eigenvalue weighted by Crippen LogP contribution is -2.51. The highest BCUT2D eigenvalue weighted by Gasteiger charge is 2.33. The van der Waals surface area contributed by atoms with Gasteiger partial charge in [0.2, 0.25) is 0 Å². The first-order valence-electron chi connectivity index (χ1n) is 7.62. The normalized spacial score (nSPS) is 27.0. The fraction of sp³-hybridized carbons (Fsp3) is 0.933. The van der Waals surface area contributed by atoms with E-state index in [9.17, 15) is 13.2 Å². The van der Waals surface area contributed by atoms with Crippen LogP contribution < -0.4 is 5.32 Å². The number of urea groups is 1. The highest BCUT2D eigenvalue weighted by Crippen LogP contribution is 2.38. The first-order valence-corrected chi connectivity index (χ1v) is 9.68. The fourth-order valence-electron chi connectivity index (χ4n) is 3.17. The monoisotopic (exact) mass is 318 g/mol. The number of hydrogen-bond donors (Lipinski definition) is 1. The molecule has 1 aliphatic rings. The Bertz CT molecular complexity index is 473. The molecule has 0 saturated heterocycles. The molecule has 21 heavy (non-hydrogen) atoms. The average molecular weight is 318 g/mol. The van der Waals surface area contributed by atoms with Crippen LogP contribution in [0.4, 0.5) is 4.79 Å². The molecule has 1 aliphatic carbocycles. The third kappa shape index (κ3) is 5.85. The lowest BCUT2D eigenvalue weighted by atomic mass is 9.70. The number of carbonyl (C=O) groups excluding carboxylic acids is 1. The molecule has 0 aromatic carbocycles. The van der Waals surface area contributed by atoms with Crippen molar-refractivity contribution in [3.63, 3.8) is 0 Å². The van der Waals surface area contributed by atoms with Crippen molar-refractivity contribution in [2.24, 2.45) is 11.3 Å². The van der Waals surface area contributed by atoms with Crippen molar-refractivity contribution < 1.29 is 13.2 Å². The van der Waals surface area contributed by atoms with Crippen molar-refractivity contribution in [2.45, 2.75) is 59.0 Å². The van der Waals surface area contributed by atoms with Crippen LogP contribution in [0.15, 0.2) is 0 Å². The molecule has 0 heterocycles. The van der Waals surface area contributed by atoms with Gasteiger partial charge in [-0.1, -0.05) is 20.8 Å². The summed E-state index contributed by atoms with van der Waals surface area (Å²) in [5, 5.41) is 3.07. The lowest BCUT2D eigenvalue weighted by Gasteiger charge is -2.40. The van der Waals surface area contributed by atoms with Crippen LogP contribution in [-0.4, -0.2) is 50.5 Å². The van der Waals surface area contributed by atoms with E-state index in [4.69, 9.17) is 0 Å². The number of carbonyl (C=O) groups is 1. The van der Waals surface area contributed by atoms with Gasteiger partial charge in [0.15, 0.2) is 0 Å². The van der Waals surface area contributed by atoms with E-state index in [1.807, 2.05) is 0 Å². The minimum Gasteiger partial charge on any atom is -0.335 e. The van der Waals surface area contributed by atoms with Crippen LogP contribution in [0.25, 0.3) is 0 Å². The van der Waals surface area contributed by atoms with Gasteiger partial charge in [-0.25, -0.2) is 13.2 Å². The van der Waals surface area contributed by atoms with Crippen molar-refractivity contribution in [3.8, 4) is 0 Å². The summed E-state index contributed by atoms with van der Waals surface area (Å²) in [5.74, 6) is 0.431. The Kier molecular flexibility index (Phi) is 5.69. The van der Waals surface area contributed by atoms with Crippen LogP contribution in [0.1, 0.15) is 47.0 Å². The number of sulfone groups is 1. The standard InChI is InChI=1S/C15H30N2O3S/c1-11-9-15(3,4)8-7-13(11)16-14(18)17(5)12(2)10-21(6,19)20/h11-13H,7-10H2,1-6H3,(H,16,18)/t11-,12+,13+/m1/s1. The molecule has 0 bridgehead atoms. The molecule has 1 N–H and O–H groups in total. The predicted octanol–water partition coefficient (Wildman–Crippen LogP) is 2.28. The third-order valence-corrected chi connectivity index (χ3v) is 5.62. The van der Waals surface area contributed by atoms with E-state index in [0.717, 1.165) is 19.3 Å². The smallest absolute Gasteiger partial charge is 0.317 e. The van der Waals surface area contributed by atoms with Gasteiger partial charge >= 0.3 is 6.03 Å². The molecule has 0 spiro atoms. The molecule has 124 valence electrons. The summed E-state index contributed by atoms with van der Waals surface area (Å²) in [6.07, 6.45) is 4.38. The van der Waals surface area contributed by atoms with Gasteiger partial charge in [0.05, 0.1) is 5.75 Å². The van der Waals surface area contributed by atoms with E-state index >= 15 is 0 Å². The maximum absolute atomic E-state index is 12.3. The second kappa shape index (κ2) is 6.55. The van der Waals surface area contributed by atoms with Crippen LogP contribution in [-0.2, 0) is 9.84 Å². The Balaban J connectivity index is 2.57. The second-order valence-corrected chi connectivity index (χ2v) is 9.68. The fourth-order valence-corrected chi connectivity index (χ4v) is 4.27. The maximum Gasteiger partial charge on any atom is 0.317 e. The van der Waals surface area contributed by atoms with E-state index in [0.29, 0.717) is 11.3 Å². The summed E-state index contributed by atoms with van der Waals surface area (Å²) in [4.78, 5) is 13.8. The number of rotatable bonds is 4. The quantitative estimate of drug-likeness (QED) is 0.865. The molecular formula is C15H30N2O3S. The number of nitrogens with zero attached hydrogens (tertiary/aromatic N) is 1. The molecule has 6 heteroatoms. The van der Waals surface area contributed by atoms with Crippen molar-refractivity contribution in [3.05, 3.63) is 0 Å². The van der Waals surface area contributed by atoms with Gasteiger partial charge < -0.3 is 10.2 Å². The molecule has 0 aromatic rings. The van der Waals surface area contributed by atoms with E-state index in [-0.39, 0.29) is 23.9 Å². The van der Waals surface area contributed by atoms with Gasteiger partial charge in [-0.2, -0.15) is 0 Å². The molecule has 0 aromatic heterocycles. The first-order chi connectivity index (χ1) is 9.41. The largest absolute Gasteiger partial charge is 0.335 e. The van der Waals surface area contributed by atoms with Crippen LogP contribution in [0.5, 0.6) is 0 Å². The molecule has 1 fully saturated rings. The second-order valence-electron chi connectivity index (χ2n) is 7.49. The summed E-state index contributed by atoms with van der Waals surface area (Å²) < 4.78 is 22.6. The minimum atomic E-state index is -3.08. The summed E-state index contributed by atoms with van der Waals surface area (Å²) in [5.41, 5.74) is 0.343. The number of hydrogen-bond acceptors (Lipinski definition) is 3. The number of nitrogens with one attached hydrogen (secondary N) is 1. The summed E-state index contributed by atoms with van der Waals surface area (Å²) in [6.45, 7) is 8.46. The molecule has 3 atom stereocenters. The third-order valence-electron chi connectivity index (χ3n) is 4.53. The molecular weight excluding hydrogens is 288 g/mol. The van der Waals surface area contributed by atoms with Crippen LogP contribution in [0, 0.1) is 11.3 Å². The van der Waals surface area contributed by atoms with Crippen molar-refractivity contribution >= 4 is 15.9 Å². The molecule has 5 nitrogen and oxygen atoms in total. The zero-order valence-corrected chi connectivity index (χ0v) is 15.0. The first kappa shape index (κ1) is 18.3. The minimum absolute atomic E-state index is 0.00975. The van der Waals surface area contributed by atoms with Gasteiger partial charge in [-0.3, -0.25) is 0 Å². The molecule has 0 unspecified atom stereocenters. The summed E-state index contributed by atoms with van der Waals surface area (Å²) >= 11 is 0. The molecule has 2 amide bonds.